The van der Waals surface area contributed by atoms with E-state index in [0.717, 1.165) is 25.0 Å². The number of nitrogens with zero attached hydrogens (tertiary/aromatic N) is 1. The number of hydrogen-bond acceptors (Lipinski definition) is 6. The second kappa shape index (κ2) is 6.95. The van der Waals surface area contributed by atoms with Gasteiger partial charge in [0, 0.05) is 10.4 Å². The summed E-state index contributed by atoms with van der Waals surface area (Å²) in [6.07, 6.45) is 3.11. The van der Waals surface area contributed by atoms with Crippen LogP contribution in [0.15, 0.2) is 18.2 Å². The fourth-order valence-electron chi connectivity index (χ4n) is 3.06. The van der Waals surface area contributed by atoms with Gasteiger partial charge in [0.05, 0.1) is 12.2 Å². The van der Waals surface area contributed by atoms with Gasteiger partial charge >= 0.3 is 0 Å². The van der Waals surface area contributed by atoms with Crippen molar-refractivity contribution in [1.82, 2.24) is 10.3 Å². The number of fused-ring (bicyclic) bond motifs is 2. The predicted molar refractivity (Wildman–Crippen MR) is 96.8 cm³/mol. The quantitative estimate of drug-likeness (QED) is 0.859. The van der Waals surface area contributed by atoms with Crippen LogP contribution in [0.25, 0.3) is 0 Å². The molecule has 26 heavy (non-hydrogen) atoms. The highest BCUT2D eigenvalue weighted by molar-refractivity contribution is 7.15. The molecule has 0 radical (unpaired) electrons. The van der Waals surface area contributed by atoms with E-state index in [2.05, 4.69) is 22.5 Å². The summed E-state index contributed by atoms with van der Waals surface area (Å²) in [5.74, 6) is 1.17. The average molecular weight is 373 g/mol. The Balaban J connectivity index is 1.32. The van der Waals surface area contributed by atoms with Crippen molar-refractivity contribution in [1.29, 1.82) is 0 Å². The van der Waals surface area contributed by atoms with Crippen molar-refractivity contribution in [3.8, 4) is 11.5 Å². The zero-order valence-electron chi connectivity index (χ0n) is 14.3. The van der Waals surface area contributed by atoms with Gasteiger partial charge in [-0.05, 0) is 43.4 Å². The summed E-state index contributed by atoms with van der Waals surface area (Å²) >= 11 is 1.53. The van der Waals surface area contributed by atoms with Gasteiger partial charge in [-0.2, -0.15) is 0 Å². The van der Waals surface area contributed by atoms with E-state index < -0.39 is 0 Å². The van der Waals surface area contributed by atoms with Gasteiger partial charge in [0.25, 0.3) is 5.91 Å². The van der Waals surface area contributed by atoms with Gasteiger partial charge < -0.3 is 20.1 Å². The van der Waals surface area contributed by atoms with Gasteiger partial charge in [0.15, 0.2) is 16.6 Å². The first-order chi connectivity index (χ1) is 12.6. The largest absolute Gasteiger partial charge is 0.454 e. The molecule has 2 amide bonds. The molecule has 136 valence electrons. The molecule has 2 N–H and O–H groups in total. The minimum Gasteiger partial charge on any atom is -0.454 e. The van der Waals surface area contributed by atoms with E-state index in [1.165, 1.54) is 16.2 Å². The van der Waals surface area contributed by atoms with E-state index in [0.29, 0.717) is 28.1 Å². The highest BCUT2D eigenvalue weighted by atomic mass is 32.1. The molecular formula is C18H19N3O4S. The third-order valence-electron chi connectivity index (χ3n) is 4.48. The van der Waals surface area contributed by atoms with E-state index >= 15 is 0 Å². The highest BCUT2D eigenvalue weighted by Crippen LogP contribution is 2.33. The minimum absolute atomic E-state index is 0.117. The van der Waals surface area contributed by atoms with Crippen molar-refractivity contribution < 1.29 is 19.1 Å². The fraction of sp³-hybridized carbons (Fsp3) is 0.389. The molecule has 7 nitrogen and oxygen atoms in total. The highest BCUT2D eigenvalue weighted by Gasteiger charge is 2.21. The number of benzene rings is 1. The number of thiazole rings is 1. The Morgan fingerprint density at radius 1 is 1.31 bits per heavy atom. The lowest BCUT2D eigenvalue weighted by Gasteiger charge is -2.15. The lowest BCUT2D eigenvalue weighted by Crippen LogP contribution is -2.32. The third-order valence-corrected chi connectivity index (χ3v) is 5.51. The van der Waals surface area contributed by atoms with Crippen LogP contribution in [0.2, 0.25) is 0 Å². The molecule has 1 aromatic carbocycles. The topological polar surface area (TPSA) is 89.6 Å². The molecule has 1 unspecified atom stereocenters. The summed E-state index contributed by atoms with van der Waals surface area (Å²) in [5.41, 5.74) is 1.51. The Hall–Kier alpha value is -2.61. The van der Waals surface area contributed by atoms with Crippen molar-refractivity contribution in [2.45, 2.75) is 26.2 Å². The Bertz CT molecular complexity index is 864. The summed E-state index contributed by atoms with van der Waals surface area (Å²) < 4.78 is 10.5. The van der Waals surface area contributed by atoms with Crippen LogP contribution in [0.4, 0.5) is 5.13 Å². The number of carbonyl (C=O) groups excluding carboxylic acids is 2. The number of aromatic nitrogens is 1. The lowest BCUT2D eigenvalue weighted by molar-refractivity contribution is -0.115. The van der Waals surface area contributed by atoms with Gasteiger partial charge in [0.2, 0.25) is 12.7 Å². The molecule has 1 aliphatic carbocycles. The fourth-order valence-corrected chi connectivity index (χ4v) is 4.24. The normalized spacial score (nSPS) is 17.5. The lowest BCUT2D eigenvalue weighted by atomic mass is 9.93. The second-order valence-electron chi connectivity index (χ2n) is 6.54. The van der Waals surface area contributed by atoms with E-state index in [1.807, 2.05) is 0 Å². The van der Waals surface area contributed by atoms with Crippen molar-refractivity contribution >= 4 is 28.3 Å². The molecule has 2 aromatic rings. The van der Waals surface area contributed by atoms with E-state index in [-0.39, 0.29) is 25.2 Å². The molecule has 0 spiro atoms. The number of amides is 2. The van der Waals surface area contributed by atoms with Gasteiger partial charge in [-0.3, -0.25) is 9.59 Å². The predicted octanol–water partition coefficient (Wildman–Crippen LogP) is 2.37. The van der Waals surface area contributed by atoms with Gasteiger partial charge in [-0.15, -0.1) is 11.3 Å². The molecule has 0 saturated carbocycles. The molecule has 8 heteroatoms. The van der Waals surface area contributed by atoms with Crippen molar-refractivity contribution in [2.75, 3.05) is 18.7 Å². The summed E-state index contributed by atoms with van der Waals surface area (Å²) in [7, 11) is 0. The summed E-state index contributed by atoms with van der Waals surface area (Å²) in [6.45, 7) is 2.26. The smallest absolute Gasteiger partial charge is 0.251 e. The van der Waals surface area contributed by atoms with E-state index in [9.17, 15) is 9.59 Å². The molecule has 2 heterocycles. The number of ether oxygens (including phenoxy) is 2. The second-order valence-corrected chi connectivity index (χ2v) is 7.62. The van der Waals surface area contributed by atoms with Gasteiger partial charge in [-0.25, -0.2) is 4.98 Å². The molecule has 2 aliphatic rings. The third kappa shape index (κ3) is 3.50. The number of nitrogens with one attached hydrogen (secondary N) is 2. The van der Waals surface area contributed by atoms with Crippen LogP contribution in [0.1, 0.15) is 34.3 Å². The van der Waals surface area contributed by atoms with Crippen LogP contribution in [0, 0.1) is 5.92 Å². The number of carbonyl (C=O) groups is 2. The number of hydrogen-bond donors (Lipinski definition) is 2. The maximum Gasteiger partial charge on any atom is 0.251 e. The average Bonchev–Trinajstić information content (AvgIpc) is 3.24. The van der Waals surface area contributed by atoms with Crippen LogP contribution in [0.5, 0.6) is 11.5 Å². The van der Waals surface area contributed by atoms with Crippen molar-refractivity contribution in [2.24, 2.45) is 5.92 Å². The molecule has 1 atom stereocenters. The molecule has 4 rings (SSSR count). The first-order valence-electron chi connectivity index (χ1n) is 8.55. The van der Waals surface area contributed by atoms with Crippen molar-refractivity contribution in [3.63, 3.8) is 0 Å². The van der Waals surface area contributed by atoms with E-state index in [4.69, 9.17) is 9.47 Å². The number of rotatable bonds is 4. The zero-order valence-corrected chi connectivity index (χ0v) is 15.1. The Kier molecular flexibility index (Phi) is 4.50. The van der Waals surface area contributed by atoms with Gasteiger partial charge in [0.1, 0.15) is 0 Å². The molecule has 0 saturated heterocycles. The summed E-state index contributed by atoms with van der Waals surface area (Å²) in [4.78, 5) is 30.1. The monoisotopic (exact) mass is 373 g/mol. The Labute approximate surface area is 154 Å². The summed E-state index contributed by atoms with van der Waals surface area (Å²) in [6, 6.07) is 4.92. The van der Waals surface area contributed by atoms with E-state index in [1.54, 1.807) is 18.2 Å². The first-order valence-corrected chi connectivity index (χ1v) is 9.36. The summed E-state index contributed by atoms with van der Waals surface area (Å²) in [5, 5.41) is 5.98. The standard InChI is InChI=1S/C18H19N3O4S/c1-10-2-4-12-15(6-10)26-18(20-12)21-16(22)8-19-17(23)11-3-5-13-14(7-11)25-9-24-13/h3,5,7,10H,2,4,6,8-9H2,1H3,(H,19,23)(H,20,21,22). The Morgan fingerprint density at radius 2 is 2.15 bits per heavy atom. The van der Waals surface area contributed by atoms with Crippen LogP contribution >= 0.6 is 11.3 Å². The molecule has 1 aromatic heterocycles. The minimum atomic E-state index is -0.342. The van der Waals surface area contributed by atoms with Crippen LogP contribution < -0.4 is 20.1 Å². The number of aryl methyl sites for hydroxylation is 1. The SMILES string of the molecule is CC1CCc2nc(NC(=O)CNC(=O)c3ccc4c(c3)OCO4)sc2C1. The molecule has 0 bridgehead atoms. The zero-order chi connectivity index (χ0) is 18.1. The van der Waals surface area contributed by atoms with Gasteiger partial charge in [-0.1, -0.05) is 6.92 Å². The van der Waals surface area contributed by atoms with Crippen molar-refractivity contribution in [3.05, 3.63) is 34.3 Å². The molecular weight excluding hydrogens is 354 g/mol. The first kappa shape index (κ1) is 16.8. The molecule has 1 aliphatic heterocycles. The molecule has 0 fully saturated rings. The maximum absolute atomic E-state index is 12.2. The van der Waals surface area contributed by atoms with Crippen LogP contribution in [-0.4, -0.2) is 30.1 Å². The van der Waals surface area contributed by atoms with Crippen LogP contribution in [-0.2, 0) is 17.6 Å². The maximum atomic E-state index is 12.2. The number of anilines is 1. The Morgan fingerprint density at radius 3 is 3.04 bits per heavy atom. The van der Waals surface area contributed by atoms with Crippen LogP contribution in [0.3, 0.4) is 0 Å².